The van der Waals surface area contributed by atoms with Crippen LogP contribution in [0.3, 0.4) is 0 Å². The summed E-state index contributed by atoms with van der Waals surface area (Å²) in [6.45, 7) is 7.38. The van der Waals surface area contributed by atoms with Crippen LogP contribution in [0.1, 0.15) is 33.6 Å². The number of nitrogens with zero attached hydrogens (tertiary/aromatic N) is 3. The summed E-state index contributed by atoms with van der Waals surface area (Å²) in [5.74, 6) is 1.05. The minimum Gasteiger partial charge on any atom is -0.486 e. The van der Waals surface area contributed by atoms with Gasteiger partial charge in [0.1, 0.15) is 12.2 Å². The fraction of sp³-hybridized carbons (Fsp3) is 0.522. The fourth-order valence-corrected chi connectivity index (χ4v) is 3.82. The standard InChI is InChI=1S/C23H30N4O5/c1-23(2,3)32-22(29)26-10-6-7-16(12-26)21(28)25-17-11-24-27(13-17)14-18-15-30-19-8-4-5-9-20(19)31-18/h4-5,8-9,11,13,16,18H,6-7,10,12,14-15H2,1-3H3,(H,25,28)/t16-,18+/m1/s1. The average molecular weight is 443 g/mol. The third kappa shape index (κ3) is 5.52. The molecule has 0 spiro atoms. The van der Waals surface area contributed by atoms with Gasteiger partial charge in [-0.05, 0) is 45.7 Å². The topological polar surface area (TPSA) is 94.9 Å². The van der Waals surface area contributed by atoms with Gasteiger partial charge in [-0.15, -0.1) is 0 Å². The number of aromatic nitrogens is 2. The van der Waals surface area contributed by atoms with Crippen molar-refractivity contribution in [3.8, 4) is 11.5 Å². The minimum atomic E-state index is -0.559. The summed E-state index contributed by atoms with van der Waals surface area (Å²) in [6, 6.07) is 7.56. The number of fused-ring (bicyclic) bond motifs is 1. The molecular weight excluding hydrogens is 412 g/mol. The molecule has 2 amide bonds. The van der Waals surface area contributed by atoms with E-state index in [-0.39, 0.29) is 24.0 Å². The lowest BCUT2D eigenvalue weighted by atomic mass is 9.97. The number of hydrogen-bond acceptors (Lipinski definition) is 6. The molecule has 2 aliphatic rings. The summed E-state index contributed by atoms with van der Waals surface area (Å²) in [7, 11) is 0. The second kappa shape index (κ2) is 9.10. The highest BCUT2D eigenvalue weighted by molar-refractivity contribution is 5.92. The van der Waals surface area contributed by atoms with Crippen molar-refractivity contribution in [1.82, 2.24) is 14.7 Å². The van der Waals surface area contributed by atoms with E-state index in [9.17, 15) is 9.59 Å². The molecule has 0 aliphatic carbocycles. The van der Waals surface area contributed by atoms with E-state index in [1.54, 1.807) is 22.0 Å². The lowest BCUT2D eigenvalue weighted by Crippen LogP contribution is -2.45. The van der Waals surface area contributed by atoms with Gasteiger partial charge in [0, 0.05) is 19.3 Å². The zero-order chi connectivity index (χ0) is 22.7. The molecule has 1 fully saturated rings. The highest BCUT2D eigenvalue weighted by atomic mass is 16.6. The number of carbonyl (C=O) groups excluding carboxylic acids is 2. The van der Waals surface area contributed by atoms with Gasteiger partial charge in [0.25, 0.3) is 0 Å². The Morgan fingerprint density at radius 2 is 2.03 bits per heavy atom. The van der Waals surface area contributed by atoms with Crippen LogP contribution < -0.4 is 14.8 Å². The quantitative estimate of drug-likeness (QED) is 0.781. The van der Waals surface area contributed by atoms with Gasteiger partial charge >= 0.3 is 6.09 Å². The van der Waals surface area contributed by atoms with Crippen LogP contribution in [0.2, 0.25) is 0 Å². The summed E-state index contributed by atoms with van der Waals surface area (Å²) in [5, 5.41) is 7.25. The highest BCUT2D eigenvalue weighted by Crippen LogP contribution is 2.31. The number of hydrogen-bond donors (Lipinski definition) is 1. The van der Waals surface area contributed by atoms with Gasteiger partial charge in [-0.25, -0.2) is 4.79 Å². The van der Waals surface area contributed by atoms with Crippen molar-refractivity contribution in [3.05, 3.63) is 36.7 Å². The van der Waals surface area contributed by atoms with Gasteiger partial charge in [0.2, 0.25) is 5.91 Å². The number of benzene rings is 1. The van der Waals surface area contributed by atoms with Crippen LogP contribution in [0.5, 0.6) is 11.5 Å². The number of nitrogens with one attached hydrogen (secondary N) is 1. The molecule has 1 N–H and O–H groups in total. The molecule has 1 aromatic carbocycles. The molecule has 0 radical (unpaired) electrons. The fourth-order valence-electron chi connectivity index (χ4n) is 3.82. The lowest BCUT2D eigenvalue weighted by Gasteiger charge is -2.33. The summed E-state index contributed by atoms with van der Waals surface area (Å²) in [5.41, 5.74) is 0.0530. The third-order valence-corrected chi connectivity index (χ3v) is 5.30. The second-order valence-corrected chi connectivity index (χ2v) is 9.20. The smallest absolute Gasteiger partial charge is 0.410 e. The zero-order valence-electron chi connectivity index (χ0n) is 18.7. The predicted molar refractivity (Wildman–Crippen MR) is 118 cm³/mol. The Morgan fingerprint density at radius 1 is 1.25 bits per heavy atom. The van der Waals surface area contributed by atoms with E-state index >= 15 is 0 Å². The summed E-state index contributed by atoms with van der Waals surface area (Å²) >= 11 is 0. The number of amides is 2. The maximum atomic E-state index is 12.8. The first kappa shape index (κ1) is 22.0. The first-order chi connectivity index (χ1) is 15.3. The summed E-state index contributed by atoms with van der Waals surface area (Å²) < 4.78 is 18.9. The van der Waals surface area contributed by atoms with Crippen LogP contribution in [0.15, 0.2) is 36.7 Å². The van der Waals surface area contributed by atoms with Crippen molar-refractivity contribution in [2.45, 2.75) is 51.9 Å². The van der Waals surface area contributed by atoms with Crippen LogP contribution >= 0.6 is 0 Å². The number of para-hydroxylation sites is 2. The largest absolute Gasteiger partial charge is 0.486 e. The molecule has 1 aromatic heterocycles. The van der Waals surface area contributed by atoms with Crippen molar-refractivity contribution < 1.29 is 23.8 Å². The monoisotopic (exact) mass is 442 g/mol. The molecule has 9 nitrogen and oxygen atoms in total. The maximum absolute atomic E-state index is 12.8. The van der Waals surface area contributed by atoms with Crippen LogP contribution in [-0.2, 0) is 16.1 Å². The van der Waals surface area contributed by atoms with E-state index in [4.69, 9.17) is 14.2 Å². The van der Waals surface area contributed by atoms with Crippen LogP contribution in [0.4, 0.5) is 10.5 Å². The Kier molecular flexibility index (Phi) is 6.25. The molecule has 3 heterocycles. The van der Waals surface area contributed by atoms with E-state index < -0.39 is 5.60 Å². The van der Waals surface area contributed by atoms with Crippen LogP contribution in [0.25, 0.3) is 0 Å². The van der Waals surface area contributed by atoms with Gasteiger partial charge in [-0.2, -0.15) is 5.10 Å². The van der Waals surface area contributed by atoms with Crippen molar-refractivity contribution in [1.29, 1.82) is 0 Å². The van der Waals surface area contributed by atoms with Crippen LogP contribution in [-0.4, -0.2) is 58.1 Å². The van der Waals surface area contributed by atoms with Crippen molar-refractivity contribution >= 4 is 17.7 Å². The Balaban J connectivity index is 1.29. The number of rotatable bonds is 4. The Bertz CT molecular complexity index is 967. The van der Waals surface area contributed by atoms with Gasteiger partial charge in [-0.3, -0.25) is 9.48 Å². The van der Waals surface area contributed by atoms with Crippen molar-refractivity contribution in [2.75, 3.05) is 25.0 Å². The molecule has 2 atom stereocenters. The number of ether oxygens (including phenoxy) is 3. The van der Waals surface area contributed by atoms with Crippen molar-refractivity contribution in [2.24, 2.45) is 5.92 Å². The van der Waals surface area contributed by atoms with E-state index in [2.05, 4.69) is 10.4 Å². The summed E-state index contributed by atoms with van der Waals surface area (Å²) in [6.07, 6.45) is 4.33. The lowest BCUT2D eigenvalue weighted by molar-refractivity contribution is -0.121. The first-order valence-corrected chi connectivity index (χ1v) is 11.0. The highest BCUT2D eigenvalue weighted by Gasteiger charge is 2.31. The maximum Gasteiger partial charge on any atom is 0.410 e. The zero-order valence-corrected chi connectivity index (χ0v) is 18.7. The first-order valence-electron chi connectivity index (χ1n) is 11.0. The van der Waals surface area contributed by atoms with E-state index in [0.29, 0.717) is 31.9 Å². The Labute approximate surface area is 187 Å². The molecule has 1 saturated heterocycles. The van der Waals surface area contributed by atoms with Gasteiger partial charge in [0.05, 0.1) is 24.3 Å². The molecule has 32 heavy (non-hydrogen) atoms. The van der Waals surface area contributed by atoms with Crippen molar-refractivity contribution in [3.63, 3.8) is 0 Å². The number of anilines is 1. The average Bonchev–Trinajstić information content (AvgIpc) is 3.19. The molecule has 2 aliphatic heterocycles. The predicted octanol–water partition coefficient (Wildman–Crippen LogP) is 3.31. The van der Waals surface area contributed by atoms with Crippen LogP contribution in [0, 0.1) is 5.92 Å². The summed E-state index contributed by atoms with van der Waals surface area (Å²) in [4.78, 5) is 26.7. The molecule has 0 unspecified atom stereocenters. The molecule has 9 heteroatoms. The van der Waals surface area contributed by atoms with Gasteiger partial charge in [0.15, 0.2) is 17.6 Å². The van der Waals surface area contributed by atoms with E-state index in [0.717, 1.165) is 24.3 Å². The number of likely N-dealkylation sites (tertiary alicyclic amines) is 1. The van der Waals surface area contributed by atoms with E-state index in [1.807, 2.05) is 45.0 Å². The number of carbonyl (C=O) groups is 2. The van der Waals surface area contributed by atoms with Gasteiger partial charge in [-0.1, -0.05) is 12.1 Å². The molecule has 4 rings (SSSR count). The molecule has 0 saturated carbocycles. The molecule has 0 bridgehead atoms. The molecule has 2 aromatic rings. The number of piperidine rings is 1. The van der Waals surface area contributed by atoms with E-state index in [1.165, 1.54) is 0 Å². The SMILES string of the molecule is CC(C)(C)OC(=O)N1CCC[C@@H](C(=O)Nc2cnn(C[C@H]3COc4ccccc4O3)c2)C1. The molecular formula is C23H30N4O5. The normalized spacial score (nSPS) is 20.5. The third-order valence-electron chi connectivity index (χ3n) is 5.30. The Morgan fingerprint density at radius 3 is 2.81 bits per heavy atom. The Hall–Kier alpha value is -3.23. The van der Waals surface area contributed by atoms with Gasteiger partial charge < -0.3 is 24.4 Å². The second-order valence-electron chi connectivity index (χ2n) is 9.20. The molecule has 172 valence electrons. The minimum absolute atomic E-state index is 0.121.